The van der Waals surface area contributed by atoms with Crippen LogP contribution in [0.3, 0.4) is 0 Å². The van der Waals surface area contributed by atoms with E-state index < -0.39 is 5.60 Å². The lowest BCUT2D eigenvalue weighted by Crippen LogP contribution is -2.39. The molecular formula is C12H26N2O2. The summed E-state index contributed by atoms with van der Waals surface area (Å²) >= 11 is 0. The summed E-state index contributed by atoms with van der Waals surface area (Å²) < 4.78 is 5.17. The van der Waals surface area contributed by atoms with Crippen molar-refractivity contribution >= 4 is 6.09 Å². The van der Waals surface area contributed by atoms with Crippen LogP contribution in [-0.2, 0) is 4.74 Å². The lowest BCUT2D eigenvalue weighted by molar-refractivity contribution is 0.0506. The summed E-state index contributed by atoms with van der Waals surface area (Å²) in [6, 6.07) is 0.606. The number of amides is 1. The van der Waals surface area contributed by atoms with Gasteiger partial charge in [0.05, 0.1) is 0 Å². The molecule has 0 aromatic heterocycles. The van der Waals surface area contributed by atoms with E-state index in [4.69, 9.17) is 4.74 Å². The Morgan fingerprint density at radius 2 is 1.81 bits per heavy atom. The number of hydrogen-bond donors (Lipinski definition) is 2. The average Bonchev–Trinajstić information content (AvgIpc) is 1.98. The van der Waals surface area contributed by atoms with E-state index in [1.807, 2.05) is 27.7 Å². The highest BCUT2D eigenvalue weighted by Crippen LogP contribution is 2.06. The van der Waals surface area contributed by atoms with Crippen LogP contribution in [0.25, 0.3) is 0 Å². The van der Waals surface area contributed by atoms with Crippen LogP contribution in [-0.4, -0.2) is 30.3 Å². The van der Waals surface area contributed by atoms with Crippen molar-refractivity contribution in [3.63, 3.8) is 0 Å². The van der Waals surface area contributed by atoms with E-state index >= 15 is 0 Å². The predicted molar refractivity (Wildman–Crippen MR) is 66.6 cm³/mol. The van der Waals surface area contributed by atoms with Gasteiger partial charge in [0, 0.05) is 12.1 Å². The fourth-order valence-corrected chi connectivity index (χ4v) is 1.17. The first kappa shape index (κ1) is 15.2. The molecule has 0 aliphatic rings. The summed E-state index contributed by atoms with van der Waals surface area (Å²) in [5.41, 5.74) is -0.431. The van der Waals surface area contributed by atoms with Crippen LogP contribution in [0, 0.1) is 0 Å². The molecule has 0 radical (unpaired) electrons. The molecule has 0 aliphatic heterocycles. The average molecular weight is 230 g/mol. The van der Waals surface area contributed by atoms with Crippen LogP contribution < -0.4 is 10.6 Å². The van der Waals surface area contributed by atoms with Crippen LogP contribution >= 0.6 is 0 Å². The van der Waals surface area contributed by atoms with Gasteiger partial charge in [-0.05, 0) is 40.7 Å². The summed E-state index contributed by atoms with van der Waals surface area (Å²) in [6.07, 6.45) is 0.557. The van der Waals surface area contributed by atoms with Crippen molar-refractivity contribution < 1.29 is 9.53 Å². The zero-order chi connectivity index (χ0) is 12.8. The second-order valence-electron chi connectivity index (χ2n) is 5.44. The van der Waals surface area contributed by atoms with Crippen LogP contribution in [0.5, 0.6) is 0 Å². The van der Waals surface area contributed by atoms with E-state index in [1.165, 1.54) is 0 Å². The van der Waals surface area contributed by atoms with Gasteiger partial charge in [0.2, 0.25) is 0 Å². The van der Waals surface area contributed by atoms with Gasteiger partial charge in [-0.3, -0.25) is 0 Å². The molecule has 0 rings (SSSR count). The van der Waals surface area contributed by atoms with Gasteiger partial charge >= 0.3 is 6.09 Å². The summed E-state index contributed by atoms with van der Waals surface area (Å²) in [6.45, 7) is 12.7. The van der Waals surface area contributed by atoms with Gasteiger partial charge in [0.1, 0.15) is 5.60 Å². The molecular weight excluding hydrogens is 204 g/mol. The molecule has 2 N–H and O–H groups in total. The number of carbonyl (C=O) groups excluding carboxylic acids is 1. The second kappa shape index (κ2) is 6.74. The molecule has 0 fully saturated rings. The maximum absolute atomic E-state index is 11.4. The van der Waals surface area contributed by atoms with Gasteiger partial charge in [0.25, 0.3) is 0 Å². The molecule has 1 amide bonds. The lowest BCUT2D eigenvalue weighted by Gasteiger charge is -2.22. The van der Waals surface area contributed by atoms with E-state index in [2.05, 4.69) is 24.5 Å². The number of nitrogens with one attached hydrogen (secondary N) is 2. The first-order valence-electron chi connectivity index (χ1n) is 5.93. The first-order chi connectivity index (χ1) is 7.20. The van der Waals surface area contributed by atoms with E-state index in [0.717, 1.165) is 13.0 Å². The van der Waals surface area contributed by atoms with Crippen molar-refractivity contribution in [1.29, 1.82) is 0 Å². The number of ether oxygens (including phenoxy) is 1. The fraction of sp³-hybridized carbons (Fsp3) is 0.917. The quantitative estimate of drug-likeness (QED) is 0.762. The number of rotatable bonds is 5. The Morgan fingerprint density at radius 3 is 2.25 bits per heavy atom. The summed E-state index contributed by atoms with van der Waals surface area (Å²) in [5.74, 6) is 0. The summed E-state index contributed by atoms with van der Waals surface area (Å²) in [5, 5.41) is 6.11. The Bertz CT molecular complexity index is 210. The van der Waals surface area contributed by atoms with Crippen molar-refractivity contribution in [2.45, 2.75) is 65.6 Å². The molecule has 4 nitrogen and oxygen atoms in total. The highest BCUT2D eigenvalue weighted by molar-refractivity contribution is 5.67. The largest absolute Gasteiger partial charge is 0.444 e. The standard InChI is InChI=1S/C12H26N2O2/c1-9(2)13-8-7-10(3)14-11(15)16-12(4,5)6/h9-10,13H,7-8H2,1-6H3,(H,14,15)/t10-/m0/s1. The molecule has 0 spiro atoms. The van der Waals surface area contributed by atoms with Gasteiger partial charge in [-0.2, -0.15) is 0 Å². The SMILES string of the molecule is CC(C)NCC[C@H](C)NC(=O)OC(C)(C)C. The molecule has 0 aliphatic carbocycles. The zero-order valence-corrected chi connectivity index (χ0v) is 11.4. The van der Waals surface area contributed by atoms with Crippen LogP contribution in [0.1, 0.15) is 48.0 Å². The smallest absolute Gasteiger partial charge is 0.407 e. The van der Waals surface area contributed by atoms with Gasteiger partial charge in [0.15, 0.2) is 0 Å². The molecule has 0 heterocycles. The third-order valence-corrected chi connectivity index (χ3v) is 1.89. The molecule has 16 heavy (non-hydrogen) atoms. The van der Waals surface area contributed by atoms with Crippen molar-refractivity contribution in [1.82, 2.24) is 10.6 Å². The maximum Gasteiger partial charge on any atom is 0.407 e. The Hall–Kier alpha value is -0.770. The van der Waals surface area contributed by atoms with Crippen molar-refractivity contribution in [2.24, 2.45) is 0 Å². The first-order valence-corrected chi connectivity index (χ1v) is 5.93. The van der Waals surface area contributed by atoms with Crippen molar-refractivity contribution in [3.8, 4) is 0 Å². The van der Waals surface area contributed by atoms with E-state index in [9.17, 15) is 4.79 Å². The lowest BCUT2D eigenvalue weighted by atomic mass is 10.2. The fourth-order valence-electron chi connectivity index (χ4n) is 1.17. The molecule has 0 saturated heterocycles. The van der Waals surface area contributed by atoms with Crippen LogP contribution in [0.2, 0.25) is 0 Å². The van der Waals surface area contributed by atoms with Gasteiger partial charge in [-0.1, -0.05) is 13.8 Å². The van der Waals surface area contributed by atoms with Crippen molar-refractivity contribution in [3.05, 3.63) is 0 Å². The third-order valence-electron chi connectivity index (χ3n) is 1.89. The second-order valence-corrected chi connectivity index (χ2v) is 5.44. The monoisotopic (exact) mass is 230 g/mol. The van der Waals surface area contributed by atoms with E-state index in [0.29, 0.717) is 6.04 Å². The van der Waals surface area contributed by atoms with E-state index in [-0.39, 0.29) is 12.1 Å². The Morgan fingerprint density at radius 1 is 1.25 bits per heavy atom. The molecule has 4 heteroatoms. The number of carbonyl (C=O) groups is 1. The Labute approximate surface area is 99.1 Å². The minimum Gasteiger partial charge on any atom is -0.444 e. The van der Waals surface area contributed by atoms with Gasteiger partial charge in [-0.25, -0.2) is 4.79 Å². The highest BCUT2D eigenvalue weighted by atomic mass is 16.6. The van der Waals surface area contributed by atoms with Crippen molar-refractivity contribution in [2.75, 3.05) is 6.54 Å². The van der Waals surface area contributed by atoms with E-state index in [1.54, 1.807) is 0 Å². The molecule has 0 aromatic rings. The van der Waals surface area contributed by atoms with Crippen LogP contribution in [0.15, 0.2) is 0 Å². The minimum atomic E-state index is -0.431. The Balaban J connectivity index is 3.70. The molecule has 1 atom stereocenters. The summed E-state index contributed by atoms with van der Waals surface area (Å²) in [4.78, 5) is 11.4. The molecule has 96 valence electrons. The topological polar surface area (TPSA) is 50.4 Å². The minimum absolute atomic E-state index is 0.126. The van der Waals surface area contributed by atoms with Gasteiger partial charge in [-0.15, -0.1) is 0 Å². The number of hydrogen-bond acceptors (Lipinski definition) is 3. The van der Waals surface area contributed by atoms with Gasteiger partial charge < -0.3 is 15.4 Å². The maximum atomic E-state index is 11.4. The zero-order valence-electron chi connectivity index (χ0n) is 11.4. The molecule has 0 aromatic carbocycles. The predicted octanol–water partition coefficient (Wildman–Crippen LogP) is 2.29. The Kier molecular flexibility index (Phi) is 6.41. The molecule has 0 saturated carbocycles. The third kappa shape index (κ3) is 9.77. The molecule has 0 bridgehead atoms. The summed E-state index contributed by atoms with van der Waals surface area (Å²) in [7, 11) is 0. The normalized spacial score (nSPS) is 13.7. The van der Waals surface area contributed by atoms with Crippen LogP contribution in [0.4, 0.5) is 4.79 Å². The number of alkyl carbamates (subject to hydrolysis) is 1. The molecule has 0 unspecified atom stereocenters. The highest BCUT2D eigenvalue weighted by Gasteiger charge is 2.17.